The van der Waals surface area contributed by atoms with E-state index in [0.29, 0.717) is 5.82 Å². The molecular formula is C47H31N5. The molecule has 0 aliphatic rings. The fourth-order valence-electron chi connectivity index (χ4n) is 6.62. The molecule has 5 nitrogen and oxygen atoms in total. The van der Waals surface area contributed by atoms with Crippen LogP contribution in [0, 0.1) is 0 Å². The van der Waals surface area contributed by atoms with Crippen molar-refractivity contribution in [2.45, 2.75) is 0 Å². The average Bonchev–Trinajstić information content (AvgIpc) is 3.24. The second kappa shape index (κ2) is 13.7. The van der Waals surface area contributed by atoms with Crippen molar-refractivity contribution < 1.29 is 0 Å². The maximum atomic E-state index is 5.26. The maximum Gasteiger partial charge on any atom is 0.160 e. The fraction of sp³-hybridized carbons (Fsp3) is 0. The van der Waals surface area contributed by atoms with Crippen molar-refractivity contribution in [1.29, 1.82) is 0 Å². The van der Waals surface area contributed by atoms with E-state index in [4.69, 9.17) is 9.97 Å². The molecule has 52 heavy (non-hydrogen) atoms. The van der Waals surface area contributed by atoms with Gasteiger partial charge in [-0.05, 0) is 81.4 Å². The molecule has 0 aliphatic carbocycles. The molecule has 0 fully saturated rings. The second-order valence-electron chi connectivity index (χ2n) is 12.6. The smallest absolute Gasteiger partial charge is 0.160 e. The van der Waals surface area contributed by atoms with E-state index in [1.807, 2.05) is 30.5 Å². The number of nitrogens with zero attached hydrogens (tertiary/aromatic N) is 5. The lowest BCUT2D eigenvalue weighted by Crippen LogP contribution is -1.97. The standard InChI is InChI=1S/C47H31N5/c1-3-9-32(10-4-1)38-22-23-43-44(30-38)51-47(52-45(43)36-11-5-2-6-12-36)42-28-40(27-41(29-42)39-13-7-24-48-31-39)35-16-14-33(15-17-35)34-18-20-37(21-19-34)46-49-25-8-26-50-46/h1-31H. The first-order valence-electron chi connectivity index (χ1n) is 17.2. The SMILES string of the molecule is c1ccc(-c2ccc3c(-c4ccccc4)nc(-c4cc(-c5ccc(-c6ccc(-c7ncccn7)cc6)cc5)cc(-c5cccnc5)c4)nc3c2)cc1. The van der Waals surface area contributed by atoms with E-state index < -0.39 is 0 Å². The van der Waals surface area contributed by atoms with E-state index in [-0.39, 0.29) is 0 Å². The summed E-state index contributed by atoms with van der Waals surface area (Å²) in [6.07, 6.45) is 7.23. The Balaban J connectivity index is 1.15. The van der Waals surface area contributed by atoms with Gasteiger partial charge >= 0.3 is 0 Å². The first-order chi connectivity index (χ1) is 25.7. The molecule has 0 unspecified atom stereocenters. The van der Waals surface area contributed by atoms with Crippen LogP contribution in [0.4, 0.5) is 0 Å². The highest BCUT2D eigenvalue weighted by Gasteiger charge is 2.15. The van der Waals surface area contributed by atoms with Gasteiger partial charge in [0.05, 0.1) is 11.2 Å². The zero-order valence-corrected chi connectivity index (χ0v) is 28.1. The molecule has 244 valence electrons. The number of benzene rings is 6. The van der Waals surface area contributed by atoms with Crippen molar-refractivity contribution in [3.63, 3.8) is 0 Å². The van der Waals surface area contributed by atoms with Crippen molar-refractivity contribution in [2.75, 3.05) is 0 Å². The molecule has 0 spiro atoms. The van der Waals surface area contributed by atoms with Crippen LogP contribution in [0.15, 0.2) is 189 Å². The lowest BCUT2D eigenvalue weighted by molar-refractivity contribution is 1.18. The van der Waals surface area contributed by atoms with E-state index in [9.17, 15) is 0 Å². The van der Waals surface area contributed by atoms with Crippen LogP contribution in [-0.2, 0) is 0 Å². The Morgan fingerprint density at radius 3 is 1.50 bits per heavy atom. The van der Waals surface area contributed by atoms with Gasteiger partial charge in [-0.3, -0.25) is 4.98 Å². The summed E-state index contributed by atoms with van der Waals surface area (Å²) in [7, 11) is 0. The number of fused-ring (bicyclic) bond motifs is 1. The first kappa shape index (κ1) is 30.9. The van der Waals surface area contributed by atoms with Gasteiger partial charge in [-0.1, -0.05) is 121 Å². The summed E-state index contributed by atoms with van der Waals surface area (Å²) in [4.78, 5) is 23.7. The Morgan fingerprint density at radius 1 is 0.308 bits per heavy atom. The number of rotatable bonds is 7. The number of hydrogen-bond acceptors (Lipinski definition) is 5. The number of hydrogen-bond donors (Lipinski definition) is 0. The predicted octanol–water partition coefficient (Wildman–Crippen LogP) is 11.5. The van der Waals surface area contributed by atoms with Crippen LogP contribution in [0.1, 0.15) is 0 Å². The molecule has 9 aromatic rings. The van der Waals surface area contributed by atoms with Crippen LogP contribution < -0.4 is 0 Å². The highest BCUT2D eigenvalue weighted by atomic mass is 14.9. The highest BCUT2D eigenvalue weighted by Crippen LogP contribution is 2.36. The van der Waals surface area contributed by atoms with E-state index in [2.05, 4.69) is 154 Å². The molecule has 0 radical (unpaired) electrons. The van der Waals surface area contributed by atoms with Gasteiger partial charge < -0.3 is 0 Å². The molecule has 6 aromatic carbocycles. The molecule has 0 aliphatic heterocycles. The molecule has 0 atom stereocenters. The minimum Gasteiger partial charge on any atom is -0.264 e. The lowest BCUT2D eigenvalue weighted by Gasteiger charge is -2.14. The summed E-state index contributed by atoms with van der Waals surface area (Å²) in [5.74, 6) is 1.39. The Bertz CT molecular complexity index is 2630. The zero-order chi connectivity index (χ0) is 34.7. The minimum atomic E-state index is 0.669. The van der Waals surface area contributed by atoms with Gasteiger partial charge in [-0.25, -0.2) is 19.9 Å². The third kappa shape index (κ3) is 6.23. The molecule has 3 aromatic heterocycles. The third-order valence-electron chi connectivity index (χ3n) is 9.30. The predicted molar refractivity (Wildman–Crippen MR) is 211 cm³/mol. The van der Waals surface area contributed by atoms with Crippen LogP contribution in [0.5, 0.6) is 0 Å². The van der Waals surface area contributed by atoms with Gasteiger partial charge in [-0.2, -0.15) is 0 Å². The van der Waals surface area contributed by atoms with Crippen molar-refractivity contribution in [3.05, 3.63) is 189 Å². The second-order valence-corrected chi connectivity index (χ2v) is 12.6. The summed E-state index contributed by atoms with van der Waals surface area (Å²) in [6, 6.07) is 56.8. The third-order valence-corrected chi connectivity index (χ3v) is 9.30. The van der Waals surface area contributed by atoms with E-state index in [1.54, 1.807) is 18.6 Å². The van der Waals surface area contributed by atoms with E-state index in [0.717, 1.165) is 83.6 Å². The van der Waals surface area contributed by atoms with Crippen LogP contribution >= 0.6 is 0 Å². The van der Waals surface area contributed by atoms with Gasteiger partial charge in [0, 0.05) is 52.4 Å². The summed E-state index contributed by atoms with van der Waals surface area (Å²) in [5, 5.41) is 1.01. The van der Waals surface area contributed by atoms with Crippen LogP contribution in [0.25, 0.3) is 89.4 Å². The maximum absolute atomic E-state index is 5.26. The van der Waals surface area contributed by atoms with Crippen molar-refractivity contribution >= 4 is 10.9 Å². The van der Waals surface area contributed by atoms with Crippen molar-refractivity contribution in [2.24, 2.45) is 0 Å². The van der Waals surface area contributed by atoms with Crippen LogP contribution in [0.3, 0.4) is 0 Å². The molecule has 9 rings (SSSR count). The van der Waals surface area contributed by atoms with Crippen LogP contribution in [-0.4, -0.2) is 24.9 Å². The van der Waals surface area contributed by atoms with Gasteiger partial charge in [0.15, 0.2) is 11.6 Å². The van der Waals surface area contributed by atoms with E-state index >= 15 is 0 Å². The van der Waals surface area contributed by atoms with Gasteiger partial charge in [0.1, 0.15) is 0 Å². The highest BCUT2D eigenvalue weighted by molar-refractivity contribution is 5.96. The average molecular weight is 666 g/mol. The van der Waals surface area contributed by atoms with Crippen molar-refractivity contribution in [1.82, 2.24) is 24.9 Å². The molecule has 0 saturated carbocycles. The number of aromatic nitrogens is 5. The Hall–Kier alpha value is -7.11. The summed E-state index contributed by atoms with van der Waals surface area (Å²) >= 11 is 0. The fourth-order valence-corrected chi connectivity index (χ4v) is 6.62. The Kier molecular flexibility index (Phi) is 8.12. The monoisotopic (exact) mass is 665 g/mol. The Morgan fingerprint density at radius 2 is 0.846 bits per heavy atom. The molecule has 0 N–H and O–H groups in total. The first-order valence-corrected chi connectivity index (χ1v) is 17.2. The molecule has 0 bridgehead atoms. The minimum absolute atomic E-state index is 0.669. The van der Waals surface area contributed by atoms with Crippen molar-refractivity contribution in [3.8, 4) is 78.5 Å². The molecule has 0 amide bonds. The zero-order valence-electron chi connectivity index (χ0n) is 28.1. The topological polar surface area (TPSA) is 64.5 Å². The van der Waals surface area contributed by atoms with E-state index in [1.165, 1.54) is 0 Å². The normalized spacial score (nSPS) is 11.1. The summed E-state index contributed by atoms with van der Waals surface area (Å²) < 4.78 is 0. The summed E-state index contributed by atoms with van der Waals surface area (Å²) in [5.41, 5.74) is 13.5. The Labute approximate surface area is 302 Å². The molecule has 3 heterocycles. The van der Waals surface area contributed by atoms with Gasteiger partial charge in [0.2, 0.25) is 0 Å². The molecule has 0 saturated heterocycles. The lowest BCUT2D eigenvalue weighted by atomic mass is 9.94. The number of pyridine rings is 1. The van der Waals surface area contributed by atoms with Crippen LogP contribution in [0.2, 0.25) is 0 Å². The largest absolute Gasteiger partial charge is 0.264 e. The van der Waals surface area contributed by atoms with Gasteiger partial charge in [0.25, 0.3) is 0 Å². The molecule has 5 heteroatoms. The summed E-state index contributed by atoms with van der Waals surface area (Å²) in [6.45, 7) is 0. The van der Waals surface area contributed by atoms with Gasteiger partial charge in [-0.15, -0.1) is 0 Å². The molecular weight excluding hydrogens is 635 g/mol. The quantitative estimate of drug-likeness (QED) is 0.169.